The molecule has 1 aromatic carbocycles. The van der Waals surface area contributed by atoms with Gasteiger partial charge in [0.25, 0.3) is 0 Å². The molecular weight excluding hydrogens is 190 g/mol. The minimum absolute atomic E-state index is 0.250. The molecule has 0 fully saturated rings. The predicted octanol–water partition coefficient (Wildman–Crippen LogP) is 1.73. The molecule has 0 aliphatic rings. The van der Waals surface area contributed by atoms with Crippen LogP contribution < -0.4 is 5.73 Å². The molecule has 0 saturated heterocycles. The van der Waals surface area contributed by atoms with Crippen LogP contribution in [0.25, 0.3) is 0 Å². The van der Waals surface area contributed by atoms with Crippen molar-refractivity contribution < 1.29 is 9.90 Å². The molecular formula is C9H12ClNO2. The van der Waals surface area contributed by atoms with Crippen LogP contribution in [0.3, 0.4) is 0 Å². The van der Waals surface area contributed by atoms with Crippen LogP contribution in [0.15, 0.2) is 18.2 Å². The number of halogens is 1. The van der Waals surface area contributed by atoms with Gasteiger partial charge >= 0.3 is 0 Å². The molecule has 1 rings (SSSR count). The van der Waals surface area contributed by atoms with E-state index in [1.54, 1.807) is 19.1 Å². The Morgan fingerprint density at radius 1 is 1.62 bits per heavy atom. The van der Waals surface area contributed by atoms with Crippen molar-refractivity contribution in [2.24, 2.45) is 0 Å². The lowest BCUT2D eigenvalue weighted by Gasteiger charge is -1.96. The molecule has 0 amide bonds. The van der Waals surface area contributed by atoms with Crippen molar-refractivity contribution in [1.82, 2.24) is 0 Å². The molecule has 0 spiro atoms. The fraction of sp³-hybridized carbons (Fsp3) is 0.222. The number of anilines is 1. The summed E-state index contributed by atoms with van der Waals surface area (Å²) in [5.41, 5.74) is 6.31. The summed E-state index contributed by atoms with van der Waals surface area (Å²) in [6, 6.07) is 4.78. The summed E-state index contributed by atoms with van der Waals surface area (Å²) in [6.07, 6.45) is 0.682. The van der Waals surface area contributed by atoms with Crippen molar-refractivity contribution >= 4 is 23.6 Å². The zero-order chi connectivity index (χ0) is 10.3. The van der Waals surface area contributed by atoms with Crippen molar-refractivity contribution in [1.29, 1.82) is 0 Å². The van der Waals surface area contributed by atoms with Crippen LogP contribution in [0.2, 0.25) is 5.02 Å². The first-order valence-corrected chi connectivity index (χ1v) is 4.14. The van der Waals surface area contributed by atoms with E-state index in [0.717, 1.165) is 0 Å². The summed E-state index contributed by atoms with van der Waals surface area (Å²) in [6.45, 7) is 1.93. The minimum Gasteiger partial charge on any atom is -0.398 e. The maximum absolute atomic E-state index is 10.2. The van der Waals surface area contributed by atoms with Gasteiger partial charge in [0.1, 0.15) is 0 Å². The Hall–Kier alpha value is -1.06. The first kappa shape index (κ1) is 11.9. The first-order valence-electron chi connectivity index (χ1n) is 3.76. The van der Waals surface area contributed by atoms with Crippen LogP contribution in [0.5, 0.6) is 0 Å². The monoisotopic (exact) mass is 201 g/mol. The van der Waals surface area contributed by atoms with Gasteiger partial charge in [0, 0.05) is 22.9 Å². The Labute approximate surface area is 82.1 Å². The smallest absolute Gasteiger partial charge is 0.152 e. The molecule has 0 unspecified atom stereocenters. The molecule has 0 radical (unpaired) electrons. The molecule has 0 aliphatic carbocycles. The number of carbonyl (C=O) groups excluding carboxylic acids is 1. The van der Waals surface area contributed by atoms with Crippen LogP contribution in [-0.2, 0) is 0 Å². The van der Waals surface area contributed by atoms with E-state index >= 15 is 0 Å². The van der Waals surface area contributed by atoms with E-state index in [9.17, 15) is 4.79 Å². The highest BCUT2D eigenvalue weighted by Crippen LogP contribution is 2.15. The summed E-state index contributed by atoms with van der Waals surface area (Å²) in [5.74, 6) is 0. The summed E-state index contributed by atoms with van der Waals surface area (Å²) in [5, 5.41) is 8.09. The van der Waals surface area contributed by atoms with Crippen molar-refractivity contribution in [3.05, 3.63) is 28.8 Å². The van der Waals surface area contributed by atoms with Gasteiger partial charge in [-0.15, -0.1) is 0 Å². The fourth-order valence-corrected chi connectivity index (χ4v) is 0.828. The van der Waals surface area contributed by atoms with Crippen LogP contribution >= 0.6 is 11.6 Å². The summed E-state index contributed by atoms with van der Waals surface area (Å²) < 4.78 is 0. The number of nitrogens with two attached hydrogens (primary N) is 1. The second kappa shape index (κ2) is 6.46. The van der Waals surface area contributed by atoms with Gasteiger partial charge in [-0.2, -0.15) is 0 Å². The Balaban J connectivity index is 0.000000424. The number of benzene rings is 1. The molecule has 4 heteroatoms. The average molecular weight is 202 g/mol. The second-order valence-electron chi connectivity index (χ2n) is 2.21. The number of aldehydes is 1. The number of rotatable bonds is 1. The van der Waals surface area contributed by atoms with Gasteiger partial charge in [0.05, 0.1) is 0 Å². The maximum Gasteiger partial charge on any atom is 0.152 e. The second-order valence-corrected chi connectivity index (χ2v) is 2.64. The van der Waals surface area contributed by atoms with Crippen molar-refractivity contribution in [2.45, 2.75) is 6.92 Å². The van der Waals surface area contributed by atoms with Crippen LogP contribution in [-0.4, -0.2) is 18.0 Å². The highest BCUT2D eigenvalue weighted by atomic mass is 35.5. The topological polar surface area (TPSA) is 63.3 Å². The quantitative estimate of drug-likeness (QED) is 0.537. The third-order valence-corrected chi connectivity index (χ3v) is 1.41. The molecule has 0 bridgehead atoms. The highest BCUT2D eigenvalue weighted by Gasteiger charge is 1.96. The van der Waals surface area contributed by atoms with Gasteiger partial charge in [-0.25, -0.2) is 0 Å². The Kier molecular flexibility index (Phi) is 5.93. The SMILES string of the molecule is CCO.Nc1ccc(Cl)cc1C=O. The Bertz CT molecular complexity index is 276. The Morgan fingerprint density at radius 2 is 2.15 bits per heavy atom. The molecule has 0 saturated carbocycles. The standard InChI is InChI=1S/C7H6ClNO.C2H6O/c8-6-1-2-7(9)5(3-6)4-10;1-2-3/h1-4H,9H2;3H,2H2,1H3. The first-order chi connectivity index (χ1) is 6.15. The summed E-state index contributed by atoms with van der Waals surface area (Å²) >= 11 is 5.58. The predicted molar refractivity (Wildman–Crippen MR) is 54.0 cm³/mol. The van der Waals surface area contributed by atoms with Crippen LogP contribution in [0.4, 0.5) is 5.69 Å². The number of aliphatic hydroxyl groups is 1. The number of hydrogen-bond acceptors (Lipinski definition) is 3. The molecule has 0 heterocycles. The maximum atomic E-state index is 10.2. The van der Waals surface area contributed by atoms with Gasteiger partial charge in [-0.05, 0) is 25.1 Å². The van der Waals surface area contributed by atoms with Gasteiger partial charge in [-0.1, -0.05) is 11.6 Å². The third kappa shape index (κ3) is 4.50. The van der Waals surface area contributed by atoms with Gasteiger partial charge in [0.15, 0.2) is 6.29 Å². The molecule has 0 aliphatic heterocycles. The zero-order valence-corrected chi connectivity index (χ0v) is 8.08. The lowest BCUT2D eigenvalue weighted by molar-refractivity contribution is 0.112. The number of aliphatic hydroxyl groups excluding tert-OH is 1. The molecule has 72 valence electrons. The lowest BCUT2D eigenvalue weighted by atomic mass is 10.2. The van der Waals surface area contributed by atoms with Crippen molar-refractivity contribution in [3.63, 3.8) is 0 Å². The third-order valence-electron chi connectivity index (χ3n) is 1.18. The lowest BCUT2D eigenvalue weighted by Crippen LogP contribution is -1.91. The minimum atomic E-state index is 0.250. The molecule has 3 N–H and O–H groups in total. The fourth-order valence-electron chi connectivity index (χ4n) is 0.648. The van der Waals surface area contributed by atoms with E-state index in [1.165, 1.54) is 6.07 Å². The molecule has 0 atom stereocenters. The van der Waals surface area contributed by atoms with E-state index in [0.29, 0.717) is 22.6 Å². The van der Waals surface area contributed by atoms with Crippen molar-refractivity contribution in [3.8, 4) is 0 Å². The van der Waals surface area contributed by atoms with Crippen molar-refractivity contribution in [2.75, 3.05) is 12.3 Å². The Morgan fingerprint density at radius 3 is 2.54 bits per heavy atom. The average Bonchev–Trinajstić information content (AvgIpc) is 2.10. The van der Waals surface area contributed by atoms with Gasteiger partial charge in [-0.3, -0.25) is 4.79 Å². The normalized spacial score (nSPS) is 8.54. The summed E-state index contributed by atoms with van der Waals surface area (Å²) in [7, 11) is 0. The number of nitrogen functional groups attached to an aromatic ring is 1. The molecule has 1 aromatic rings. The molecule has 3 nitrogen and oxygen atoms in total. The summed E-state index contributed by atoms with van der Waals surface area (Å²) in [4.78, 5) is 10.2. The van der Waals surface area contributed by atoms with E-state index in [-0.39, 0.29) is 6.61 Å². The number of carbonyl (C=O) groups is 1. The van der Waals surface area contributed by atoms with Gasteiger partial charge < -0.3 is 10.8 Å². The molecule has 13 heavy (non-hydrogen) atoms. The van der Waals surface area contributed by atoms with Crippen LogP contribution in [0.1, 0.15) is 17.3 Å². The van der Waals surface area contributed by atoms with E-state index in [1.807, 2.05) is 0 Å². The zero-order valence-electron chi connectivity index (χ0n) is 7.33. The number of hydrogen-bond donors (Lipinski definition) is 2. The van der Waals surface area contributed by atoms with E-state index < -0.39 is 0 Å². The van der Waals surface area contributed by atoms with E-state index in [2.05, 4.69) is 0 Å². The highest BCUT2D eigenvalue weighted by molar-refractivity contribution is 6.31. The van der Waals surface area contributed by atoms with E-state index in [4.69, 9.17) is 22.4 Å². The van der Waals surface area contributed by atoms with Crippen LogP contribution in [0, 0.1) is 0 Å². The largest absolute Gasteiger partial charge is 0.398 e. The molecule has 0 aromatic heterocycles. The van der Waals surface area contributed by atoms with Gasteiger partial charge in [0.2, 0.25) is 0 Å².